The van der Waals surface area contributed by atoms with E-state index in [9.17, 15) is 14.0 Å². The summed E-state index contributed by atoms with van der Waals surface area (Å²) < 4.78 is 25.5. The fourth-order valence-corrected chi connectivity index (χ4v) is 6.52. The van der Waals surface area contributed by atoms with Gasteiger partial charge < -0.3 is 9.47 Å². The van der Waals surface area contributed by atoms with E-state index in [0.29, 0.717) is 11.1 Å². The van der Waals surface area contributed by atoms with Gasteiger partial charge in [0.1, 0.15) is 6.61 Å². The molecule has 1 aliphatic rings. The molecule has 0 amide bonds. The van der Waals surface area contributed by atoms with Crippen LogP contribution in [0.5, 0.6) is 0 Å². The Bertz CT molecular complexity index is 1380. The normalized spacial score (nSPS) is 20.6. The molecule has 38 heavy (non-hydrogen) atoms. The van der Waals surface area contributed by atoms with Crippen LogP contribution in [0.1, 0.15) is 20.7 Å². The van der Waals surface area contributed by atoms with Crippen molar-refractivity contribution in [2.24, 2.45) is 0 Å². The molecule has 4 nitrogen and oxygen atoms in total. The number of thioether (sulfide) groups is 1. The molecular weight excluding hydrogens is 567 g/mol. The van der Waals surface area contributed by atoms with Gasteiger partial charge in [0.05, 0.1) is 20.5 Å². The summed E-state index contributed by atoms with van der Waals surface area (Å²) in [6.07, 6.45) is -2.50. The second kappa shape index (κ2) is 12.0. The fraction of sp³-hybridized carbons (Fsp3) is 0.161. The summed E-state index contributed by atoms with van der Waals surface area (Å²) in [5.74, 6) is -1.13. The van der Waals surface area contributed by atoms with E-state index in [1.807, 2.05) is 84.9 Å². The molecule has 0 saturated carbocycles. The molecule has 0 aliphatic carbocycles. The van der Waals surface area contributed by atoms with E-state index in [1.165, 1.54) is 11.8 Å². The summed E-state index contributed by atoms with van der Waals surface area (Å²) >= 11 is 4.55. The largest absolute Gasteiger partial charge is 0.461 e. The number of hydrogen-bond acceptors (Lipinski definition) is 5. The Labute approximate surface area is 233 Å². The summed E-state index contributed by atoms with van der Waals surface area (Å²) in [6, 6.07) is 33.7. The van der Waals surface area contributed by atoms with Gasteiger partial charge >= 0.3 is 11.9 Å². The Kier molecular flexibility index (Phi) is 8.25. The van der Waals surface area contributed by atoms with Crippen LogP contribution < -0.4 is 0 Å². The third-order valence-corrected chi connectivity index (χ3v) is 8.74. The number of halogens is 2. The Hall–Kier alpha value is -3.42. The van der Waals surface area contributed by atoms with Crippen LogP contribution in [0.15, 0.2) is 109 Å². The van der Waals surface area contributed by atoms with Gasteiger partial charge in [0.2, 0.25) is 0 Å². The minimum Gasteiger partial charge on any atom is -0.461 e. The van der Waals surface area contributed by atoms with E-state index in [1.54, 1.807) is 24.3 Å². The van der Waals surface area contributed by atoms with Gasteiger partial charge in [0, 0.05) is 0 Å². The van der Waals surface area contributed by atoms with Gasteiger partial charge in [-0.2, -0.15) is 0 Å². The second-order valence-corrected chi connectivity index (χ2v) is 11.8. The predicted octanol–water partition coefficient (Wildman–Crippen LogP) is 7.58. The smallest absolute Gasteiger partial charge is 0.338 e. The molecule has 7 heteroatoms. The Balaban J connectivity index is 1.20. The third-order valence-electron chi connectivity index (χ3n) is 6.31. The highest BCUT2D eigenvalue weighted by atomic mass is 79.9. The molecule has 0 aromatic heterocycles. The zero-order valence-corrected chi connectivity index (χ0v) is 22.6. The van der Waals surface area contributed by atoms with Crippen LogP contribution in [0, 0.1) is 0 Å². The molecular formula is C31H24BrFO4S. The summed E-state index contributed by atoms with van der Waals surface area (Å²) in [5.41, 5.74) is 4.75. The molecule has 0 radical (unpaired) electrons. The fourth-order valence-electron chi connectivity index (χ4n) is 4.24. The lowest BCUT2D eigenvalue weighted by Crippen LogP contribution is -2.36. The van der Waals surface area contributed by atoms with E-state index in [4.69, 9.17) is 9.47 Å². The maximum atomic E-state index is 15.0. The van der Waals surface area contributed by atoms with Gasteiger partial charge in [-0.3, -0.25) is 0 Å². The van der Waals surface area contributed by atoms with Gasteiger partial charge in [-0.1, -0.05) is 101 Å². The first-order valence-corrected chi connectivity index (χ1v) is 14.0. The van der Waals surface area contributed by atoms with E-state index >= 15 is 0 Å². The molecule has 0 unspecified atom stereocenters. The van der Waals surface area contributed by atoms with Gasteiger partial charge in [0.25, 0.3) is 0 Å². The molecule has 1 aliphatic heterocycles. The Morgan fingerprint density at radius 1 is 0.684 bits per heavy atom. The minimum absolute atomic E-state index is 0.0860. The summed E-state index contributed by atoms with van der Waals surface area (Å²) in [7, 11) is 0. The van der Waals surface area contributed by atoms with Crippen LogP contribution in [0.4, 0.5) is 4.39 Å². The first kappa shape index (κ1) is 26.2. The van der Waals surface area contributed by atoms with E-state index < -0.39 is 33.6 Å². The maximum Gasteiger partial charge on any atom is 0.338 e. The van der Waals surface area contributed by atoms with Crippen molar-refractivity contribution >= 4 is 39.6 Å². The number of ether oxygens (including phenoxy) is 2. The van der Waals surface area contributed by atoms with Crippen LogP contribution in [-0.4, -0.2) is 40.2 Å². The van der Waals surface area contributed by atoms with Crippen molar-refractivity contribution in [2.75, 3.05) is 6.61 Å². The highest BCUT2D eigenvalue weighted by molar-refractivity contribution is 9.11. The van der Waals surface area contributed by atoms with Crippen molar-refractivity contribution in [3.05, 3.63) is 120 Å². The third kappa shape index (κ3) is 6.00. The zero-order chi connectivity index (χ0) is 26.5. The van der Waals surface area contributed by atoms with Gasteiger partial charge in [-0.25, -0.2) is 14.0 Å². The van der Waals surface area contributed by atoms with Crippen molar-refractivity contribution < 1.29 is 23.5 Å². The van der Waals surface area contributed by atoms with Crippen LogP contribution in [0.2, 0.25) is 0 Å². The van der Waals surface area contributed by atoms with Crippen molar-refractivity contribution in [1.29, 1.82) is 0 Å². The molecule has 192 valence electrons. The average molecular weight is 591 g/mol. The van der Waals surface area contributed by atoms with Crippen LogP contribution in [-0.2, 0) is 9.47 Å². The zero-order valence-electron chi connectivity index (χ0n) is 20.2. The first-order chi connectivity index (χ1) is 18.5. The molecule has 0 N–H and O–H groups in total. The first-order valence-electron chi connectivity index (χ1n) is 12.1. The molecule has 4 aromatic carbocycles. The van der Waals surface area contributed by atoms with Gasteiger partial charge in [0.15, 0.2) is 12.3 Å². The van der Waals surface area contributed by atoms with Crippen LogP contribution in [0.25, 0.3) is 22.3 Å². The standard InChI is InChI=1S/C31H24BrFO4S/c32-29-27(33)28(37-31(35)25-17-13-23(14-18-25)21-9-5-2-6-10-21)26(38-29)19-36-30(34)24-15-11-22(12-16-24)20-7-3-1-4-8-20/h1-18,26-29H,19H2/t26-,27+,28-,29+/m1/s1. The van der Waals surface area contributed by atoms with Crippen LogP contribution >= 0.6 is 27.7 Å². The maximum absolute atomic E-state index is 15.0. The Morgan fingerprint density at radius 2 is 1.13 bits per heavy atom. The van der Waals surface area contributed by atoms with E-state index in [2.05, 4.69) is 15.9 Å². The summed E-state index contributed by atoms with van der Waals surface area (Å²) in [6.45, 7) is -0.0860. The van der Waals surface area contributed by atoms with E-state index in [0.717, 1.165) is 22.3 Å². The summed E-state index contributed by atoms with van der Waals surface area (Å²) in [5, 5.41) is -0.547. The van der Waals surface area contributed by atoms with E-state index in [-0.39, 0.29) is 6.61 Å². The monoisotopic (exact) mass is 590 g/mol. The number of alkyl halides is 2. The highest BCUT2D eigenvalue weighted by Crippen LogP contribution is 2.42. The lowest BCUT2D eigenvalue weighted by Gasteiger charge is -2.20. The quantitative estimate of drug-likeness (QED) is 0.164. The lowest BCUT2D eigenvalue weighted by atomic mass is 10.0. The predicted molar refractivity (Wildman–Crippen MR) is 152 cm³/mol. The van der Waals surface area contributed by atoms with Crippen molar-refractivity contribution in [2.45, 2.75) is 21.7 Å². The number of rotatable bonds is 7. The topological polar surface area (TPSA) is 52.6 Å². The van der Waals surface area contributed by atoms with Crippen molar-refractivity contribution in [1.82, 2.24) is 0 Å². The van der Waals surface area contributed by atoms with Gasteiger partial charge in [-0.15, -0.1) is 11.8 Å². The molecule has 1 fully saturated rings. The Morgan fingerprint density at radius 3 is 1.63 bits per heavy atom. The molecule has 1 heterocycles. The molecule has 0 bridgehead atoms. The SMILES string of the molecule is O=C(OC[C@H]1S[C@H](Br)[C@@H](F)[C@@H]1OC(=O)c1ccc(-c2ccccc2)cc1)c1ccc(-c2ccccc2)cc1. The number of esters is 2. The second-order valence-electron chi connectivity index (χ2n) is 8.83. The highest BCUT2D eigenvalue weighted by Gasteiger charge is 2.46. The van der Waals surface area contributed by atoms with Crippen molar-refractivity contribution in [3.63, 3.8) is 0 Å². The molecule has 4 aromatic rings. The minimum atomic E-state index is -1.44. The molecule has 1 saturated heterocycles. The summed E-state index contributed by atoms with van der Waals surface area (Å²) in [4.78, 5) is 25.5. The van der Waals surface area contributed by atoms with Gasteiger partial charge in [-0.05, 0) is 46.5 Å². The molecule has 0 spiro atoms. The van der Waals surface area contributed by atoms with Crippen molar-refractivity contribution in [3.8, 4) is 22.3 Å². The molecule has 5 rings (SSSR count). The molecule has 4 atom stereocenters. The van der Waals surface area contributed by atoms with Crippen LogP contribution in [0.3, 0.4) is 0 Å². The number of hydrogen-bond donors (Lipinski definition) is 0. The lowest BCUT2D eigenvalue weighted by molar-refractivity contribution is 0.00404. The number of carbonyl (C=O) groups excluding carboxylic acids is 2. The number of carbonyl (C=O) groups is 2. The number of benzene rings is 4. The average Bonchev–Trinajstić information content (AvgIpc) is 3.24.